The number of rotatable bonds is 2. The van der Waals surface area contributed by atoms with Crippen LogP contribution in [0.25, 0.3) is 22.3 Å². The molecule has 0 spiro atoms. The second-order valence-corrected chi connectivity index (χ2v) is 14.3. The summed E-state index contributed by atoms with van der Waals surface area (Å²) >= 11 is 5.33. The van der Waals surface area contributed by atoms with Gasteiger partial charge in [0.2, 0.25) is 0 Å². The number of nitrogens with zero attached hydrogens (tertiary/aromatic N) is 7. The Hall–Kier alpha value is -2.98. The van der Waals surface area contributed by atoms with Crippen LogP contribution in [-0.2, 0) is 44.8 Å². The van der Waals surface area contributed by atoms with Crippen molar-refractivity contribution in [1.29, 1.82) is 0 Å². The smallest absolute Gasteiger partial charge is 0.336 e. The minimum atomic E-state index is -4.32. The van der Waals surface area contributed by atoms with E-state index in [-0.39, 0.29) is 43.0 Å². The highest BCUT2D eigenvalue weighted by Gasteiger charge is 2.45. The van der Waals surface area contributed by atoms with E-state index in [1.54, 1.807) is 11.5 Å². The van der Waals surface area contributed by atoms with Crippen LogP contribution in [-0.4, -0.2) is 89.9 Å². The number of nitrogens with two attached hydrogens (primary N) is 1. The van der Waals surface area contributed by atoms with Crippen molar-refractivity contribution in [2.75, 3.05) is 18.9 Å². The Morgan fingerprint density at radius 1 is 1.07 bits per heavy atom. The van der Waals surface area contributed by atoms with Crippen LogP contribution in [0.2, 0.25) is 0 Å². The van der Waals surface area contributed by atoms with Gasteiger partial charge in [0, 0.05) is 12.8 Å². The molecule has 0 amide bonds. The monoisotopic (exact) mass is 656 g/mol. The number of hydrogen-bond donors (Lipinski definition) is 4. The fraction of sp³-hybridized carbons (Fsp3) is 0.524. The number of imidazole rings is 2. The third-order valence-electron chi connectivity index (χ3n) is 7.28. The molecule has 4 aromatic heterocycles. The molecule has 43 heavy (non-hydrogen) atoms. The highest BCUT2D eigenvalue weighted by atomic mass is 32.5. The van der Waals surface area contributed by atoms with Crippen molar-refractivity contribution in [3.63, 3.8) is 0 Å². The fourth-order valence-electron chi connectivity index (χ4n) is 5.40. The van der Waals surface area contributed by atoms with Gasteiger partial charge in [-0.3, -0.25) is 18.1 Å². The number of nitrogens with one attached hydrogen (secondary N) is 2. The average Bonchev–Trinajstić information content (AvgIpc) is 3.71. The zero-order valence-electron chi connectivity index (χ0n) is 22.2. The molecule has 0 saturated carbocycles. The summed E-state index contributed by atoms with van der Waals surface area (Å²) in [5, 5.41) is 0. The van der Waals surface area contributed by atoms with E-state index in [2.05, 4.69) is 34.6 Å². The molecule has 3 aliphatic rings. The van der Waals surface area contributed by atoms with Crippen LogP contribution in [0.4, 0.5) is 5.82 Å². The molecular weight excluding hydrogens is 631 g/mol. The van der Waals surface area contributed by atoms with Gasteiger partial charge in [0.1, 0.15) is 36.1 Å². The fourth-order valence-corrected chi connectivity index (χ4v) is 7.86. The molecule has 7 heterocycles. The standard InChI is InChI=1S/C21H25N10O9PS2/c1-9-27-19-16(20(32)28-9)26-8-31(19)21-12-2-10(38-21)4-37-43(34,35)29-11-3-14(39-13(11)5-36-41(33,42)40-12)30-7-25-15-17(22)23-6-24-18(15)30/h6-8,10-14,21,29H,2-5H2,1H3,(H,33,42)(H2,22,23,24)(H,27,28,32)/t10-,11-,12+,13+,14+,21+,41?/m0/s1. The van der Waals surface area contributed by atoms with Crippen LogP contribution < -0.4 is 16.0 Å². The number of aromatic amines is 1. The minimum Gasteiger partial charge on any atom is -0.382 e. The van der Waals surface area contributed by atoms with Crippen molar-refractivity contribution in [2.45, 2.75) is 56.6 Å². The lowest BCUT2D eigenvalue weighted by atomic mass is 10.1. The van der Waals surface area contributed by atoms with E-state index in [1.165, 1.54) is 23.5 Å². The number of nitrogen functional groups attached to an aromatic ring is 1. The van der Waals surface area contributed by atoms with Gasteiger partial charge in [-0.25, -0.2) is 24.9 Å². The highest BCUT2D eigenvalue weighted by molar-refractivity contribution is 8.07. The van der Waals surface area contributed by atoms with Crippen LogP contribution in [0.15, 0.2) is 23.8 Å². The van der Waals surface area contributed by atoms with Crippen molar-refractivity contribution in [3.05, 3.63) is 35.2 Å². The van der Waals surface area contributed by atoms with Gasteiger partial charge in [0.05, 0.1) is 38.0 Å². The lowest BCUT2D eigenvalue weighted by molar-refractivity contribution is -0.0486. The van der Waals surface area contributed by atoms with E-state index in [0.717, 1.165) is 0 Å². The predicted octanol–water partition coefficient (Wildman–Crippen LogP) is -0.723. The molecule has 3 saturated heterocycles. The molecule has 230 valence electrons. The molecule has 22 heteroatoms. The van der Waals surface area contributed by atoms with Crippen LogP contribution in [0.5, 0.6) is 0 Å². The molecular formula is C21H25N10O9PS2. The summed E-state index contributed by atoms with van der Waals surface area (Å²) in [5.74, 6) is 0.518. The Bertz CT molecular complexity index is 1930. The third-order valence-corrected chi connectivity index (χ3v) is 9.90. The maximum Gasteiger partial charge on any atom is 0.336 e. The predicted molar refractivity (Wildman–Crippen MR) is 149 cm³/mol. The van der Waals surface area contributed by atoms with Gasteiger partial charge >= 0.3 is 17.0 Å². The summed E-state index contributed by atoms with van der Waals surface area (Å²) in [7, 11) is -4.32. The second kappa shape index (κ2) is 10.6. The number of aromatic nitrogens is 8. The lowest BCUT2D eigenvalue weighted by Gasteiger charge is -2.26. The number of anilines is 1. The largest absolute Gasteiger partial charge is 0.382 e. The first-order valence-electron chi connectivity index (χ1n) is 13.0. The summed E-state index contributed by atoms with van der Waals surface area (Å²) in [4.78, 5) is 46.9. The van der Waals surface area contributed by atoms with Gasteiger partial charge in [-0.1, -0.05) is 0 Å². The van der Waals surface area contributed by atoms with E-state index < -0.39 is 59.4 Å². The first-order valence-corrected chi connectivity index (χ1v) is 17.0. The first-order chi connectivity index (χ1) is 20.5. The molecule has 0 aromatic carbocycles. The maximum atomic E-state index is 13.0. The number of fused-ring (bicyclic) bond motifs is 5. The van der Waals surface area contributed by atoms with Gasteiger partial charge in [0.15, 0.2) is 28.9 Å². The minimum absolute atomic E-state index is 0.0623. The Balaban J connectivity index is 1.17. The molecule has 3 aliphatic heterocycles. The van der Waals surface area contributed by atoms with Crippen molar-refractivity contribution in [2.24, 2.45) is 0 Å². The normalized spacial score (nSPS) is 33.2. The maximum absolute atomic E-state index is 13.0. The summed E-state index contributed by atoms with van der Waals surface area (Å²) < 4.78 is 60.7. The zero-order chi connectivity index (χ0) is 30.1. The van der Waals surface area contributed by atoms with E-state index >= 15 is 0 Å². The molecule has 5 N–H and O–H groups in total. The third kappa shape index (κ3) is 5.45. The summed E-state index contributed by atoms with van der Waals surface area (Å²) in [6, 6.07) is -0.849. The van der Waals surface area contributed by atoms with Crippen LogP contribution in [0, 0.1) is 6.92 Å². The van der Waals surface area contributed by atoms with E-state index in [1.807, 2.05) is 0 Å². The molecule has 4 aromatic rings. The second-order valence-electron chi connectivity index (χ2n) is 10.2. The Morgan fingerprint density at radius 2 is 1.86 bits per heavy atom. The van der Waals surface area contributed by atoms with Crippen molar-refractivity contribution in [3.8, 4) is 0 Å². The number of ether oxygens (including phenoxy) is 2. The lowest BCUT2D eigenvalue weighted by Crippen LogP contribution is -2.43. The van der Waals surface area contributed by atoms with Gasteiger partial charge in [-0.15, -0.1) is 0 Å². The molecule has 2 bridgehead atoms. The number of hydrogen-bond acceptors (Lipinski definition) is 15. The van der Waals surface area contributed by atoms with E-state index in [9.17, 15) is 18.1 Å². The molecule has 7 rings (SSSR count). The van der Waals surface area contributed by atoms with Crippen LogP contribution in [0.3, 0.4) is 0 Å². The van der Waals surface area contributed by atoms with Crippen molar-refractivity contribution < 1.29 is 36.0 Å². The molecule has 19 nitrogen and oxygen atoms in total. The first kappa shape index (κ1) is 28.8. The van der Waals surface area contributed by atoms with Crippen molar-refractivity contribution >= 4 is 57.0 Å². The van der Waals surface area contributed by atoms with E-state index in [0.29, 0.717) is 17.0 Å². The molecule has 0 aliphatic carbocycles. The Morgan fingerprint density at radius 3 is 2.70 bits per heavy atom. The Kier molecular flexibility index (Phi) is 7.08. The number of aryl methyl sites for hydroxylation is 1. The summed E-state index contributed by atoms with van der Waals surface area (Å²) in [6.07, 6.45) is -0.0976. The molecule has 0 radical (unpaired) electrons. The summed E-state index contributed by atoms with van der Waals surface area (Å²) in [5.41, 5.74) is 6.47. The molecule has 3 fully saturated rings. The SMILES string of the molecule is Cc1nc2c(ncn2[C@@H]2O[C@@H]3COS(=O)(=O)N[C@H]4C[C@H](n5cnc6c(N)ncnc65)O[C@@H]4COP(O)(=S)O[C@@H]2C3)c(=O)[nH]1. The molecule has 7 atom stereocenters. The average molecular weight is 657 g/mol. The van der Waals surface area contributed by atoms with E-state index in [4.69, 9.17) is 40.2 Å². The quantitative estimate of drug-likeness (QED) is 0.194. The van der Waals surface area contributed by atoms with Crippen LogP contribution >= 0.6 is 6.72 Å². The van der Waals surface area contributed by atoms with Crippen LogP contribution in [0.1, 0.15) is 31.1 Å². The number of H-pyrrole nitrogens is 1. The summed E-state index contributed by atoms with van der Waals surface area (Å²) in [6.45, 7) is -3.05. The van der Waals surface area contributed by atoms with Crippen molar-refractivity contribution in [1.82, 2.24) is 43.8 Å². The Labute approximate surface area is 247 Å². The van der Waals surface area contributed by atoms with Gasteiger partial charge < -0.3 is 34.1 Å². The zero-order valence-corrected chi connectivity index (χ0v) is 24.7. The van der Waals surface area contributed by atoms with Gasteiger partial charge in [-0.05, 0) is 18.7 Å². The topological polar surface area (TPSA) is 246 Å². The molecule has 1 unspecified atom stereocenters. The van der Waals surface area contributed by atoms with Gasteiger partial charge in [-0.2, -0.15) is 13.1 Å². The van der Waals surface area contributed by atoms with Gasteiger partial charge in [0.25, 0.3) is 5.56 Å². The highest BCUT2D eigenvalue weighted by Crippen LogP contribution is 2.50.